The van der Waals surface area contributed by atoms with Crippen molar-refractivity contribution in [2.75, 3.05) is 19.0 Å². The van der Waals surface area contributed by atoms with E-state index in [0.717, 1.165) is 0 Å². The first-order valence-corrected chi connectivity index (χ1v) is 4.15. The quantitative estimate of drug-likeness (QED) is 0.409. The number of nitrogens with one attached hydrogen (secondary N) is 2. The summed E-state index contributed by atoms with van der Waals surface area (Å²) in [4.78, 5) is 21.4. The number of alkyl halides is 1. The van der Waals surface area contributed by atoms with E-state index in [0.29, 0.717) is 0 Å². The molecule has 1 atom stereocenters. The minimum atomic E-state index is -1.06. The normalized spacial score (nSPS) is 11.8. The van der Waals surface area contributed by atoms with Gasteiger partial charge in [-0.1, -0.05) is 0 Å². The molecule has 0 unspecified atom stereocenters. The molecule has 0 saturated heterocycles. The van der Waals surface area contributed by atoms with E-state index in [9.17, 15) is 9.59 Å². The Morgan fingerprint density at radius 3 is 2.54 bits per heavy atom. The number of halogens is 1. The van der Waals surface area contributed by atoms with Crippen LogP contribution in [0.3, 0.4) is 0 Å². The molecule has 6 nitrogen and oxygen atoms in total. The Hall–Kier alpha value is -1.01. The molecule has 0 saturated carbocycles. The number of hydrogen-bond acceptors (Lipinski definition) is 3. The average Bonchev–Trinajstić information content (AvgIpc) is 2.10. The molecule has 13 heavy (non-hydrogen) atoms. The molecule has 0 aromatic rings. The van der Waals surface area contributed by atoms with Crippen molar-refractivity contribution in [1.82, 2.24) is 10.6 Å². The highest BCUT2D eigenvalue weighted by Gasteiger charge is 2.15. The SMILES string of the molecule is NC(=O)[C@H](CO)NC(=O)NCCCl. The highest BCUT2D eigenvalue weighted by Crippen LogP contribution is 1.80. The van der Waals surface area contributed by atoms with Crippen molar-refractivity contribution in [1.29, 1.82) is 0 Å². The monoisotopic (exact) mass is 209 g/mol. The third kappa shape index (κ3) is 5.26. The molecule has 0 rings (SSSR count). The van der Waals surface area contributed by atoms with Gasteiger partial charge < -0.3 is 21.5 Å². The highest BCUT2D eigenvalue weighted by molar-refractivity contribution is 6.18. The molecular weight excluding hydrogens is 198 g/mol. The summed E-state index contributed by atoms with van der Waals surface area (Å²) in [6.45, 7) is -0.242. The van der Waals surface area contributed by atoms with E-state index in [1.54, 1.807) is 0 Å². The van der Waals surface area contributed by atoms with Crippen molar-refractivity contribution in [3.8, 4) is 0 Å². The number of aliphatic hydroxyl groups is 1. The maximum Gasteiger partial charge on any atom is 0.315 e. The minimum Gasteiger partial charge on any atom is -0.394 e. The molecule has 7 heteroatoms. The number of amides is 3. The predicted octanol–water partition coefficient (Wildman–Crippen LogP) is -1.63. The van der Waals surface area contributed by atoms with Crippen molar-refractivity contribution < 1.29 is 14.7 Å². The fourth-order valence-electron chi connectivity index (χ4n) is 0.577. The van der Waals surface area contributed by atoms with Gasteiger partial charge in [-0.25, -0.2) is 4.79 Å². The summed E-state index contributed by atoms with van der Waals surface area (Å²) >= 11 is 5.30. The van der Waals surface area contributed by atoms with E-state index in [4.69, 9.17) is 22.4 Å². The Labute approximate surface area is 80.4 Å². The minimum absolute atomic E-state index is 0.272. The largest absolute Gasteiger partial charge is 0.394 e. The molecular formula is C6H12ClN3O3. The molecule has 0 spiro atoms. The lowest BCUT2D eigenvalue weighted by Crippen LogP contribution is -2.50. The summed E-state index contributed by atoms with van der Waals surface area (Å²) in [5, 5.41) is 13.1. The first-order chi connectivity index (χ1) is 6.11. The maximum atomic E-state index is 10.9. The fraction of sp³-hybridized carbons (Fsp3) is 0.667. The lowest BCUT2D eigenvalue weighted by molar-refractivity contribution is -0.120. The summed E-state index contributed by atoms with van der Waals surface area (Å²) in [7, 11) is 0. The Morgan fingerprint density at radius 1 is 1.54 bits per heavy atom. The molecule has 3 amide bonds. The average molecular weight is 210 g/mol. The Balaban J connectivity index is 3.80. The number of nitrogens with two attached hydrogens (primary N) is 1. The molecule has 0 aromatic carbocycles. The van der Waals surface area contributed by atoms with Crippen LogP contribution in [0.25, 0.3) is 0 Å². The Kier molecular flexibility index (Phi) is 5.99. The van der Waals surface area contributed by atoms with E-state index in [1.165, 1.54) is 0 Å². The third-order valence-corrected chi connectivity index (χ3v) is 1.40. The number of carbonyl (C=O) groups excluding carboxylic acids is 2. The number of primary amides is 1. The first kappa shape index (κ1) is 12.0. The van der Waals surface area contributed by atoms with Crippen LogP contribution < -0.4 is 16.4 Å². The Bertz CT molecular complexity index is 188. The lowest BCUT2D eigenvalue weighted by Gasteiger charge is -2.12. The molecule has 0 fully saturated rings. The summed E-state index contributed by atoms with van der Waals surface area (Å²) in [6, 6.07) is -1.64. The van der Waals surface area contributed by atoms with Gasteiger partial charge in [0.05, 0.1) is 6.61 Å². The smallest absolute Gasteiger partial charge is 0.315 e. The second-order valence-electron chi connectivity index (χ2n) is 2.23. The van der Waals surface area contributed by atoms with Gasteiger partial charge in [-0.05, 0) is 0 Å². The van der Waals surface area contributed by atoms with E-state index in [-0.39, 0.29) is 12.4 Å². The van der Waals surface area contributed by atoms with Gasteiger partial charge in [-0.3, -0.25) is 4.79 Å². The number of aliphatic hydroxyl groups excluding tert-OH is 1. The van der Waals surface area contributed by atoms with E-state index >= 15 is 0 Å². The van der Waals surface area contributed by atoms with Crippen molar-refractivity contribution >= 4 is 23.5 Å². The van der Waals surface area contributed by atoms with Gasteiger partial charge in [0, 0.05) is 12.4 Å². The lowest BCUT2D eigenvalue weighted by atomic mass is 10.3. The van der Waals surface area contributed by atoms with Crippen LogP contribution in [0.1, 0.15) is 0 Å². The highest BCUT2D eigenvalue weighted by atomic mass is 35.5. The number of hydrogen-bond donors (Lipinski definition) is 4. The molecule has 5 N–H and O–H groups in total. The number of urea groups is 1. The predicted molar refractivity (Wildman–Crippen MR) is 47.3 cm³/mol. The van der Waals surface area contributed by atoms with Crippen LogP contribution in [0.15, 0.2) is 0 Å². The van der Waals surface area contributed by atoms with E-state index in [1.807, 2.05) is 0 Å². The van der Waals surface area contributed by atoms with Crippen molar-refractivity contribution in [2.45, 2.75) is 6.04 Å². The molecule has 0 aliphatic heterocycles. The van der Waals surface area contributed by atoms with E-state index < -0.39 is 24.6 Å². The maximum absolute atomic E-state index is 10.9. The standard InChI is InChI=1S/C6H12ClN3O3/c7-1-2-9-6(13)10-4(3-11)5(8)12/h4,11H,1-3H2,(H2,8,12)(H2,9,10,13)/t4-/m0/s1. The molecule has 0 bridgehead atoms. The second-order valence-corrected chi connectivity index (χ2v) is 2.60. The van der Waals surface area contributed by atoms with Crippen LogP contribution in [0.5, 0.6) is 0 Å². The fourth-order valence-corrected chi connectivity index (χ4v) is 0.671. The van der Waals surface area contributed by atoms with Crippen molar-refractivity contribution in [3.63, 3.8) is 0 Å². The number of rotatable bonds is 5. The summed E-state index contributed by atoms with van der Waals surface area (Å²) < 4.78 is 0. The van der Waals surface area contributed by atoms with Crippen LogP contribution in [0.2, 0.25) is 0 Å². The first-order valence-electron chi connectivity index (χ1n) is 3.62. The van der Waals surface area contributed by atoms with Gasteiger partial charge in [0.2, 0.25) is 5.91 Å². The van der Waals surface area contributed by atoms with Gasteiger partial charge in [0.25, 0.3) is 0 Å². The summed E-state index contributed by atoms with van der Waals surface area (Å²) in [6.07, 6.45) is 0. The van der Waals surface area contributed by atoms with Crippen molar-refractivity contribution in [3.05, 3.63) is 0 Å². The van der Waals surface area contributed by atoms with Crippen LogP contribution in [0, 0.1) is 0 Å². The Morgan fingerprint density at radius 2 is 2.15 bits per heavy atom. The van der Waals surface area contributed by atoms with Crippen LogP contribution >= 0.6 is 11.6 Å². The van der Waals surface area contributed by atoms with Crippen molar-refractivity contribution in [2.24, 2.45) is 5.73 Å². The summed E-state index contributed by atoms with van der Waals surface area (Å²) in [5.41, 5.74) is 4.86. The third-order valence-electron chi connectivity index (χ3n) is 1.21. The molecule has 0 aromatic heterocycles. The molecule has 0 aliphatic carbocycles. The zero-order valence-electron chi connectivity index (χ0n) is 6.92. The molecule has 0 radical (unpaired) electrons. The zero-order chi connectivity index (χ0) is 10.3. The van der Waals surface area contributed by atoms with Gasteiger partial charge in [-0.2, -0.15) is 0 Å². The number of carbonyl (C=O) groups is 2. The van der Waals surface area contributed by atoms with E-state index in [2.05, 4.69) is 10.6 Å². The molecule has 76 valence electrons. The van der Waals surface area contributed by atoms with Gasteiger partial charge in [0.1, 0.15) is 6.04 Å². The van der Waals surface area contributed by atoms with Crippen LogP contribution in [-0.4, -0.2) is 42.1 Å². The summed E-state index contributed by atoms with van der Waals surface area (Å²) in [5.74, 6) is -0.517. The van der Waals surface area contributed by atoms with Gasteiger partial charge >= 0.3 is 6.03 Å². The molecule has 0 aliphatic rings. The second kappa shape index (κ2) is 6.50. The van der Waals surface area contributed by atoms with Crippen LogP contribution in [-0.2, 0) is 4.79 Å². The van der Waals surface area contributed by atoms with Gasteiger partial charge in [-0.15, -0.1) is 11.6 Å². The van der Waals surface area contributed by atoms with Gasteiger partial charge in [0.15, 0.2) is 0 Å². The zero-order valence-corrected chi connectivity index (χ0v) is 7.67. The van der Waals surface area contributed by atoms with Crippen LogP contribution in [0.4, 0.5) is 4.79 Å². The molecule has 0 heterocycles. The topological polar surface area (TPSA) is 104 Å².